The highest BCUT2D eigenvalue weighted by Crippen LogP contribution is 2.26. The van der Waals surface area contributed by atoms with Gasteiger partial charge in [-0.15, -0.1) is 0 Å². The second kappa shape index (κ2) is 11.4. The predicted molar refractivity (Wildman–Crippen MR) is 147 cm³/mol. The third-order valence-electron chi connectivity index (χ3n) is 6.39. The van der Waals surface area contributed by atoms with E-state index in [4.69, 9.17) is 0 Å². The smallest absolute Gasteiger partial charge is 0.326 e. The van der Waals surface area contributed by atoms with Crippen LogP contribution in [-0.2, 0) is 24.2 Å². The first-order valence-corrected chi connectivity index (χ1v) is 12.3. The molecule has 0 bridgehead atoms. The summed E-state index contributed by atoms with van der Waals surface area (Å²) in [4.78, 5) is 19.7. The third-order valence-corrected chi connectivity index (χ3v) is 6.39. The summed E-state index contributed by atoms with van der Waals surface area (Å²) in [5.74, 6) is -0.0786. The van der Waals surface area contributed by atoms with Gasteiger partial charge in [0.1, 0.15) is 11.9 Å². The zero-order valence-electron chi connectivity index (χ0n) is 21.3. The van der Waals surface area contributed by atoms with Crippen LogP contribution >= 0.6 is 0 Å². The summed E-state index contributed by atoms with van der Waals surface area (Å²) in [6.07, 6.45) is 4.80. The van der Waals surface area contributed by atoms with E-state index in [0.29, 0.717) is 24.9 Å². The lowest BCUT2D eigenvalue weighted by Gasteiger charge is -2.20. The van der Waals surface area contributed by atoms with E-state index in [2.05, 4.69) is 32.7 Å². The molecule has 0 spiro atoms. The minimum atomic E-state index is -0.916. The van der Waals surface area contributed by atoms with E-state index in [9.17, 15) is 15.2 Å². The lowest BCUT2D eigenvalue weighted by atomic mass is 9.99. The van der Waals surface area contributed by atoms with Crippen molar-refractivity contribution in [2.75, 3.05) is 10.6 Å². The molecule has 37 heavy (non-hydrogen) atoms. The van der Waals surface area contributed by atoms with Gasteiger partial charge in [0.15, 0.2) is 0 Å². The van der Waals surface area contributed by atoms with Gasteiger partial charge < -0.3 is 20.7 Å². The average Bonchev–Trinajstić information content (AvgIpc) is 3.37. The van der Waals surface area contributed by atoms with Crippen LogP contribution in [0, 0.1) is 25.2 Å². The number of nitriles is 1. The number of carbonyl (C=O) groups is 1. The Labute approximate surface area is 217 Å². The van der Waals surface area contributed by atoms with Crippen LogP contribution in [-0.4, -0.2) is 27.1 Å². The van der Waals surface area contributed by atoms with Crippen molar-refractivity contribution >= 4 is 17.5 Å². The molecule has 4 N–H and O–H groups in total. The summed E-state index contributed by atoms with van der Waals surface area (Å²) in [6, 6.07) is 19.0. The fourth-order valence-electron chi connectivity index (χ4n) is 4.38. The fourth-order valence-corrected chi connectivity index (χ4v) is 4.38. The first-order chi connectivity index (χ1) is 17.9. The Balaban J connectivity index is 1.43. The van der Waals surface area contributed by atoms with E-state index < -0.39 is 12.0 Å². The van der Waals surface area contributed by atoms with Crippen molar-refractivity contribution in [3.63, 3.8) is 0 Å². The topological polar surface area (TPSA) is 114 Å². The number of anilines is 2. The second-order valence-electron chi connectivity index (χ2n) is 9.21. The number of aryl methyl sites for hydroxylation is 3. The summed E-state index contributed by atoms with van der Waals surface area (Å²) in [6.45, 7) is 6.56. The van der Waals surface area contributed by atoms with Gasteiger partial charge in [-0.3, -0.25) is 0 Å². The number of nitrogens with one attached hydrogen (secondary N) is 3. The number of pyridine rings is 1. The van der Waals surface area contributed by atoms with Crippen LogP contribution in [0.5, 0.6) is 0 Å². The molecule has 4 rings (SSSR count). The van der Waals surface area contributed by atoms with E-state index in [-0.39, 0.29) is 0 Å². The van der Waals surface area contributed by atoms with Crippen LogP contribution in [0.3, 0.4) is 0 Å². The number of aromatic amines is 1. The molecule has 0 aliphatic rings. The number of carboxylic acid groups (broad SMARTS) is 1. The number of hydrogen-bond acceptors (Lipinski definition) is 5. The summed E-state index contributed by atoms with van der Waals surface area (Å²) in [5.41, 5.74) is 8.42. The summed E-state index contributed by atoms with van der Waals surface area (Å²) in [7, 11) is 0. The molecule has 1 atom stereocenters. The van der Waals surface area contributed by atoms with Crippen molar-refractivity contribution < 1.29 is 9.90 Å². The molecule has 2 heterocycles. The van der Waals surface area contributed by atoms with Crippen LogP contribution in [0.4, 0.5) is 11.5 Å². The maximum atomic E-state index is 12.1. The maximum Gasteiger partial charge on any atom is 0.326 e. The molecule has 4 aromatic rings. The predicted octanol–water partition coefficient (Wildman–Crippen LogP) is 5.85. The quantitative estimate of drug-likeness (QED) is 0.220. The van der Waals surface area contributed by atoms with E-state index in [1.54, 1.807) is 12.3 Å². The van der Waals surface area contributed by atoms with Gasteiger partial charge in [-0.05, 0) is 84.0 Å². The molecular weight excluding hydrogens is 462 g/mol. The lowest BCUT2D eigenvalue weighted by molar-refractivity contribution is -0.137. The highest BCUT2D eigenvalue weighted by Gasteiger charge is 2.20. The van der Waals surface area contributed by atoms with Gasteiger partial charge in [-0.2, -0.15) is 5.26 Å². The number of aromatic nitrogens is 2. The summed E-state index contributed by atoms with van der Waals surface area (Å²) >= 11 is 0. The largest absolute Gasteiger partial charge is 0.480 e. The van der Waals surface area contributed by atoms with Gasteiger partial charge in [0.25, 0.3) is 0 Å². The molecular formula is C30H31N5O2. The monoisotopic (exact) mass is 493 g/mol. The van der Waals surface area contributed by atoms with E-state index in [0.717, 1.165) is 50.6 Å². The minimum Gasteiger partial charge on any atom is -0.480 e. The van der Waals surface area contributed by atoms with Crippen molar-refractivity contribution in [3.8, 4) is 17.2 Å². The number of H-pyrrole nitrogens is 1. The van der Waals surface area contributed by atoms with Gasteiger partial charge in [-0.25, -0.2) is 9.78 Å². The van der Waals surface area contributed by atoms with Crippen molar-refractivity contribution in [1.29, 1.82) is 5.26 Å². The maximum absolute atomic E-state index is 12.1. The highest BCUT2D eigenvalue weighted by atomic mass is 16.4. The molecule has 0 amide bonds. The molecule has 0 radical (unpaired) electrons. The van der Waals surface area contributed by atoms with Crippen molar-refractivity contribution in [2.24, 2.45) is 0 Å². The zero-order valence-corrected chi connectivity index (χ0v) is 21.3. The molecule has 7 nitrogen and oxygen atoms in total. The molecule has 0 aliphatic heterocycles. The number of aliphatic carboxylic acids is 1. The van der Waals surface area contributed by atoms with Crippen LogP contribution in [0.25, 0.3) is 11.1 Å². The molecule has 0 saturated heterocycles. The SMILES string of the molecule is CCc1cc(C#N)cc(C)c1NC(Cc1ccc(-c2c[nH]c(CNc3cc(C)ccn3)c2)cc1)C(=O)O. The van der Waals surface area contributed by atoms with Crippen LogP contribution in [0.1, 0.15) is 40.4 Å². The Kier molecular flexibility index (Phi) is 7.89. The highest BCUT2D eigenvalue weighted by molar-refractivity contribution is 5.79. The van der Waals surface area contributed by atoms with Crippen LogP contribution in [0.15, 0.2) is 67.0 Å². The Morgan fingerprint density at radius 2 is 1.89 bits per heavy atom. The number of rotatable bonds is 10. The molecule has 0 saturated carbocycles. The van der Waals surface area contributed by atoms with Crippen molar-refractivity contribution in [2.45, 2.75) is 46.2 Å². The Morgan fingerprint density at radius 1 is 1.11 bits per heavy atom. The first-order valence-electron chi connectivity index (χ1n) is 12.3. The van der Waals surface area contributed by atoms with E-state index >= 15 is 0 Å². The Hall–Kier alpha value is -4.57. The van der Waals surface area contributed by atoms with Crippen molar-refractivity contribution in [3.05, 3.63) is 101 Å². The molecule has 0 fully saturated rings. The fraction of sp³-hybridized carbons (Fsp3) is 0.233. The normalized spacial score (nSPS) is 11.5. The van der Waals surface area contributed by atoms with Gasteiger partial charge in [0.05, 0.1) is 18.2 Å². The summed E-state index contributed by atoms with van der Waals surface area (Å²) in [5, 5.41) is 25.7. The van der Waals surface area contributed by atoms with E-state index in [1.165, 1.54) is 0 Å². The molecule has 188 valence electrons. The zero-order chi connectivity index (χ0) is 26.4. The number of hydrogen-bond donors (Lipinski definition) is 4. The standard InChI is InChI=1S/C30H31N5O2/c1-4-23-13-22(16-31)12-20(3)29(23)35-27(30(36)37)14-21-5-7-24(8-6-21)25-15-26(33-17-25)18-34-28-11-19(2)9-10-32-28/h5-13,15,17,27,33,35H,4,14,18H2,1-3H3,(H,32,34)(H,36,37). The van der Waals surface area contributed by atoms with E-state index in [1.807, 2.05) is 69.4 Å². The Bertz CT molecular complexity index is 1430. The van der Waals surface area contributed by atoms with Crippen LogP contribution < -0.4 is 10.6 Å². The summed E-state index contributed by atoms with van der Waals surface area (Å²) < 4.78 is 0. The van der Waals surface area contributed by atoms with Gasteiger partial charge in [-0.1, -0.05) is 31.2 Å². The molecule has 0 aliphatic carbocycles. The molecule has 2 aromatic heterocycles. The average molecular weight is 494 g/mol. The van der Waals surface area contributed by atoms with Gasteiger partial charge >= 0.3 is 5.97 Å². The number of benzene rings is 2. The minimum absolute atomic E-state index is 0.337. The number of nitrogens with zero attached hydrogens (tertiary/aromatic N) is 2. The second-order valence-corrected chi connectivity index (χ2v) is 9.21. The first kappa shape index (κ1) is 25.5. The third kappa shape index (κ3) is 6.36. The van der Waals surface area contributed by atoms with Gasteiger partial charge in [0.2, 0.25) is 0 Å². The van der Waals surface area contributed by atoms with Crippen LogP contribution in [0.2, 0.25) is 0 Å². The molecule has 7 heteroatoms. The lowest BCUT2D eigenvalue weighted by Crippen LogP contribution is -2.32. The Morgan fingerprint density at radius 3 is 2.57 bits per heavy atom. The molecule has 1 unspecified atom stereocenters. The van der Waals surface area contributed by atoms with Gasteiger partial charge in [0, 0.05) is 30.2 Å². The molecule has 2 aromatic carbocycles. The number of carboxylic acids is 1. The van der Waals surface area contributed by atoms with Crippen molar-refractivity contribution in [1.82, 2.24) is 9.97 Å².